The Morgan fingerprint density at radius 1 is 1.47 bits per heavy atom. The minimum Gasteiger partial charge on any atom is -0.352 e. The highest BCUT2D eigenvalue weighted by Gasteiger charge is 2.16. The molecule has 0 radical (unpaired) electrons. The predicted molar refractivity (Wildman–Crippen MR) is 58.1 cm³/mol. The Bertz CT molecular complexity index is 281. The molecule has 1 aromatic rings. The lowest BCUT2D eigenvalue weighted by atomic mass is 10.2. The Labute approximate surface area is 93.2 Å². The van der Waals surface area contributed by atoms with Gasteiger partial charge in [-0.1, -0.05) is 0 Å². The Morgan fingerprint density at radius 2 is 2.13 bits per heavy atom. The van der Waals surface area contributed by atoms with E-state index in [1.54, 1.807) is 11.7 Å². The molecule has 1 aromatic heterocycles. The van der Waals surface area contributed by atoms with E-state index in [-0.39, 0.29) is 12.2 Å². The third-order valence-electron chi connectivity index (χ3n) is 1.76. The van der Waals surface area contributed by atoms with Crippen LogP contribution >= 0.6 is 11.3 Å². The van der Waals surface area contributed by atoms with Crippen LogP contribution in [0.5, 0.6) is 0 Å². The van der Waals surface area contributed by atoms with E-state index in [0.717, 1.165) is 0 Å². The summed E-state index contributed by atoms with van der Waals surface area (Å²) < 4.78 is 10.6. The Morgan fingerprint density at radius 3 is 2.60 bits per heavy atom. The van der Waals surface area contributed by atoms with Gasteiger partial charge in [0.1, 0.15) is 0 Å². The maximum Gasteiger partial charge on any atom is 0.179 e. The first-order valence-electron chi connectivity index (χ1n) is 4.92. The van der Waals surface area contributed by atoms with Crippen molar-refractivity contribution in [2.45, 2.75) is 26.6 Å². The molecule has 4 nitrogen and oxygen atoms in total. The summed E-state index contributed by atoms with van der Waals surface area (Å²) in [6.07, 6.45) is 1.39. The van der Waals surface area contributed by atoms with Crippen molar-refractivity contribution in [1.82, 2.24) is 4.98 Å². The molecule has 0 aliphatic rings. The van der Waals surface area contributed by atoms with E-state index in [2.05, 4.69) is 4.98 Å². The van der Waals surface area contributed by atoms with Crippen LogP contribution in [0.4, 0.5) is 0 Å². The summed E-state index contributed by atoms with van der Waals surface area (Å²) in [5.74, 6) is 0.0180. The lowest BCUT2D eigenvalue weighted by molar-refractivity contribution is -0.133. The summed E-state index contributed by atoms with van der Waals surface area (Å²) in [5, 5.41) is 0. The van der Waals surface area contributed by atoms with Crippen LogP contribution in [-0.2, 0) is 9.47 Å². The molecule has 1 heterocycles. The molecule has 0 amide bonds. The first-order valence-corrected chi connectivity index (χ1v) is 5.80. The van der Waals surface area contributed by atoms with E-state index in [4.69, 9.17) is 9.47 Å². The molecule has 0 aromatic carbocycles. The highest BCUT2D eigenvalue weighted by atomic mass is 32.1. The number of thiazole rings is 1. The smallest absolute Gasteiger partial charge is 0.179 e. The van der Waals surface area contributed by atoms with Gasteiger partial charge in [0.15, 0.2) is 12.1 Å². The first kappa shape index (κ1) is 12.3. The number of carbonyl (C=O) groups excluding carboxylic acids is 1. The molecular weight excluding hydrogens is 214 g/mol. The average Bonchev–Trinajstić information content (AvgIpc) is 2.71. The van der Waals surface area contributed by atoms with Crippen LogP contribution in [0.3, 0.4) is 0 Å². The van der Waals surface area contributed by atoms with Gasteiger partial charge in [-0.3, -0.25) is 9.78 Å². The van der Waals surface area contributed by atoms with Crippen LogP contribution in [0.15, 0.2) is 11.7 Å². The molecule has 5 heteroatoms. The number of hydrogen-bond acceptors (Lipinski definition) is 5. The maximum absolute atomic E-state index is 11.7. The molecule has 0 spiro atoms. The van der Waals surface area contributed by atoms with E-state index >= 15 is 0 Å². The van der Waals surface area contributed by atoms with Crippen molar-refractivity contribution in [2.24, 2.45) is 0 Å². The fourth-order valence-electron chi connectivity index (χ4n) is 1.14. The summed E-state index contributed by atoms with van der Waals surface area (Å²) >= 11 is 1.34. The summed E-state index contributed by atoms with van der Waals surface area (Å²) in [4.78, 5) is 16.2. The summed E-state index contributed by atoms with van der Waals surface area (Å²) in [7, 11) is 0. The number of aromatic nitrogens is 1. The number of ketones is 1. The Balaban J connectivity index is 2.47. The SMILES string of the molecule is CCOC(CC(=O)c1cncs1)OCC. The molecule has 0 atom stereocenters. The minimum atomic E-state index is -0.436. The molecule has 0 saturated carbocycles. The van der Waals surface area contributed by atoms with Gasteiger partial charge < -0.3 is 9.47 Å². The van der Waals surface area contributed by atoms with Crippen molar-refractivity contribution in [3.05, 3.63) is 16.6 Å². The van der Waals surface area contributed by atoms with Crippen LogP contribution in [0.25, 0.3) is 0 Å². The monoisotopic (exact) mass is 229 g/mol. The predicted octanol–water partition coefficient (Wildman–Crippen LogP) is 2.12. The highest BCUT2D eigenvalue weighted by molar-refractivity contribution is 7.11. The molecular formula is C10H15NO3S. The molecule has 0 aliphatic carbocycles. The number of rotatable bonds is 7. The minimum absolute atomic E-state index is 0.0180. The molecule has 84 valence electrons. The van der Waals surface area contributed by atoms with E-state index in [9.17, 15) is 4.79 Å². The lowest BCUT2D eigenvalue weighted by Crippen LogP contribution is -2.21. The van der Waals surface area contributed by atoms with Crippen molar-refractivity contribution in [1.29, 1.82) is 0 Å². The fraction of sp³-hybridized carbons (Fsp3) is 0.600. The lowest BCUT2D eigenvalue weighted by Gasteiger charge is -2.15. The molecule has 0 unspecified atom stereocenters. The summed E-state index contributed by atoms with van der Waals surface area (Å²) in [6.45, 7) is 4.84. The number of ether oxygens (including phenoxy) is 2. The van der Waals surface area contributed by atoms with Gasteiger partial charge in [-0.15, -0.1) is 11.3 Å². The second kappa shape index (κ2) is 6.66. The molecule has 0 bridgehead atoms. The van der Waals surface area contributed by atoms with Gasteiger partial charge in [-0.05, 0) is 13.8 Å². The molecule has 0 saturated heterocycles. The number of carbonyl (C=O) groups is 1. The second-order valence-electron chi connectivity index (χ2n) is 2.83. The molecule has 0 aliphatic heterocycles. The number of Topliss-reactive ketones (excluding diaryl/α,β-unsaturated/α-hetero) is 1. The maximum atomic E-state index is 11.7. The van der Waals surface area contributed by atoms with Gasteiger partial charge in [0.05, 0.1) is 16.8 Å². The van der Waals surface area contributed by atoms with E-state index in [1.807, 2.05) is 13.8 Å². The molecule has 0 N–H and O–H groups in total. The van der Waals surface area contributed by atoms with Crippen LogP contribution in [0, 0.1) is 0 Å². The highest BCUT2D eigenvalue weighted by Crippen LogP contribution is 2.12. The van der Waals surface area contributed by atoms with Crippen molar-refractivity contribution >= 4 is 17.1 Å². The standard InChI is InChI=1S/C10H15NO3S/c1-3-13-10(14-4-2)5-8(12)9-6-11-7-15-9/h6-7,10H,3-5H2,1-2H3. The Hall–Kier alpha value is -0.780. The first-order chi connectivity index (χ1) is 7.27. The third-order valence-corrected chi connectivity index (χ3v) is 2.58. The zero-order chi connectivity index (χ0) is 11.1. The quantitative estimate of drug-likeness (QED) is 0.531. The second-order valence-corrected chi connectivity index (χ2v) is 3.72. The van der Waals surface area contributed by atoms with Gasteiger partial charge in [0.2, 0.25) is 0 Å². The summed E-state index contributed by atoms with van der Waals surface area (Å²) in [5.41, 5.74) is 1.64. The van der Waals surface area contributed by atoms with Gasteiger partial charge in [-0.2, -0.15) is 0 Å². The van der Waals surface area contributed by atoms with Gasteiger partial charge in [0.25, 0.3) is 0 Å². The largest absolute Gasteiger partial charge is 0.352 e. The zero-order valence-corrected chi connectivity index (χ0v) is 9.75. The molecule has 0 fully saturated rings. The van der Waals surface area contributed by atoms with E-state index in [0.29, 0.717) is 18.1 Å². The van der Waals surface area contributed by atoms with Crippen molar-refractivity contribution in [3.8, 4) is 0 Å². The van der Waals surface area contributed by atoms with Crippen LogP contribution in [0.1, 0.15) is 29.9 Å². The van der Waals surface area contributed by atoms with Crippen molar-refractivity contribution in [2.75, 3.05) is 13.2 Å². The Kier molecular flexibility index (Phi) is 5.45. The van der Waals surface area contributed by atoms with Gasteiger partial charge in [-0.25, -0.2) is 0 Å². The van der Waals surface area contributed by atoms with Crippen molar-refractivity contribution in [3.63, 3.8) is 0 Å². The average molecular weight is 229 g/mol. The van der Waals surface area contributed by atoms with Crippen molar-refractivity contribution < 1.29 is 14.3 Å². The van der Waals surface area contributed by atoms with Crippen LogP contribution in [-0.4, -0.2) is 30.3 Å². The normalized spacial score (nSPS) is 10.9. The molecule has 1 rings (SSSR count). The summed E-state index contributed by atoms with van der Waals surface area (Å²) in [6, 6.07) is 0. The van der Waals surface area contributed by atoms with Gasteiger partial charge in [0, 0.05) is 19.4 Å². The fourth-order valence-corrected chi connectivity index (χ4v) is 1.71. The van der Waals surface area contributed by atoms with Crippen LogP contribution in [0.2, 0.25) is 0 Å². The zero-order valence-electron chi connectivity index (χ0n) is 8.93. The number of hydrogen-bond donors (Lipinski definition) is 0. The van der Waals surface area contributed by atoms with E-state index in [1.165, 1.54) is 11.3 Å². The topological polar surface area (TPSA) is 48.4 Å². The molecule has 15 heavy (non-hydrogen) atoms. The van der Waals surface area contributed by atoms with E-state index < -0.39 is 6.29 Å². The van der Waals surface area contributed by atoms with Gasteiger partial charge >= 0.3 is 0 Å². The third kappa shape index (κ3) is 4.07. The number of nitrogens with zero attached hydrogens (tertiary/aromatic N) is 1. The van der Waals surface area contributed by atoms with Crippen LogP contribution < -0.4 is 0 Å².